The van der Waals surface area contributed by atoms with E-state index in [9.17, 15) is 0 Å². The monoisotopic (exact) mass is 900 g/mol. The van der Waals surface area contributed by atoms with Crippen LogP contribution >= 0.6 is 0 Å². The van der Waals surface area contributed by atoms with E-state index in [4.69, 9.17) is 14.4 Å². The molecule has 13 aromatic carbocycles. The van der Waals surface area contributed by atoms with E-state index in [0.29, 0.717) is 0 Å². The Kier molecular flexibility index (Phi) is 8.66. The van der Waals surface area contributed by atoms with Gasteiger partial charge in [0.2, 0.25) is 0 Å². The second-order valence-corrected chi connectivity index (χ2v) is 18.6. The average Bonchev–Trinajstić information content (AvgIpc) is 3.83. The molecule has 0 unspecified atom stereocenters. The molecular weight excluding hydrogens is 861 g/mol. The fourth-order valence-corrected chi connectivity index (χ4v) is 11.8. The van der Waals surface area contributed by atoms with Gasteiger partial charge in [-0.1, -0.05) is 231 Å². The molecule has 0 radical (unpaired) electrons. The topological polar surface area (TPSA) is 38.9 Å². The third-order valence-electron chi connectivity index (χ3n) is 15.0. The summed E-state index contributed by atoms with van der Waals surface area (Å²) in [5, 5.41) is 16.5. The molecular formula is C68H40N2O. The maximum atomic E-state index is 6.55. The Balaban J connectivity index is 0.854. The van der Waals surface area contributed by atoms with Crippen LogP contribution in [0, 0.1) is 0 Å². The molecule has 328 valence electrons. The van der Waals surface area contributed by atoms with Gasteiger partial charge in [-0.25, -0.2) is 4.98 Å². The molecule has 2 aromatic heterocycles. The molecule has 15 rings (SSSR count). The predicted molar refractivity (Wildman–Crippen MR) is 299 cm³/mol. The third kappa shape index (κ3) is 5.97. The van der Waals surface area contributed by atoms with Crippen molar-refractivity contribution in [2.24, 2.45) is 0 Å². The Hall–Kier alpha value is -9.44. The van der Waals surface area contributed by atoms with Crippen molar-refractivity contribution in [2.75, 3.05) is 0 Å². The molecule has 3 nitrogen and oxygen atoms in total. The normalized spacial score (nSPS) is 11.9. The van der Waals surface area contributed by atoms with Crippen LogP contribution in [-0.2, 0) is 0 Å². The largest absolute Gasteiger partial charge is 0.455 e. The zero-order valence-electron chi connectivity index (χ0n) is 38.4. The van der Waals surface area contributed by atoms with Crippen LogP contribution in [0.15, 0.2) is 247 Å². The molecule has 0 amide bonds. The maximum absolute atomic E-state index is 6.55. The van der Waals surface area contributed by atoms with Gasteiger partial charge in [0.25, 0.3) is 0 Å². The van der Waals surface area contributed by atoms with Gasteiger partial charge in [-0.15, -0.1) is 0 Å². The number of nitrogens with zero attached hydrogens (tertiary/aromatic N) is 2. The van der Waals surface area contributed by atoms with Crippen LogP contribution in [0.2, 0.25) is 0 Å². The van der Waals surface area contributed by atoms with E-state index >= 15 is 0 Å². The number of fused-ring (bicyclic) bond motifs is 13. The Morgan fingerprint density at radius 2 is 0.535 bits per heavy atom. The van der Waals surface area contributed by atoms with Crippen LogP contribution in [-0.4, -0.2) is 9.97 Å². The van der Waals surface area contributed by atoms with Gasteiger partial charge in [-0.3, -0.25) is 4.98 Å². The molecule has 15 aromatic rings. The van der Waals surface area contributed by atoms with Gasteiger partial charge in [-0.05, 0) is 98.9 Å². The lowest BCUT2D eigenvalue weighted by Gasteiger charge is -2.17. The van der Waals surface area contributed by atoms with Gasteiger partial charge in [0.05, 0.1) is 22.9 Å². The fraction of sp³-hybridized carbons (Fsp3) is 0. The van der Waals surface area contributed by atoms with Crippen LogP contribution in [0.25, 0.3) is 153 Å². The van der Waals surface area contributed by atoms with Crippen molar-refractivity contribution in [1.82, 2.24) is 9.97 Å². The molecule has 0 N–H and O–H groups in total. The third-order valence-corrected chi connectivity index (χ3v) is 15.0. The first-order chi connectivity index (χ1) is 35.2. The van der Waals surface area contributed by atoms with Crippen molar-refractivity contribution in [1.29, 1.82) is 0 Å². The number of benzene rings is 13. The second-order valence-electron chi connectivity index (χ2n) is 18.6. The highest BCUT2D eigenvalue weighted by atomic mass is 16.3. The Morgan fingerprint density at radius 3 is 0.986 bits per heavy atom. The van der Waals surface area contributed by atoms with Crippen molar-refractivity contribution in [3.63, 3.8) is 0 Å². The van der Waals surface area contributed by atoms with Gasteiger partial charge in [0.1, 0.15) is 11.2 Å². The van der Waals surface area contributed by atoms with Crippen molar-refractivity contribution in [2.45, 2.75) is 0 Å². The second kappa shape index (κ2) is 15.5. The van der Waals surface area contributed by atoms with Gasteiger partial charge >= 0.3 is 0 Å². The van der Waals surface area contributed by atoms with Crippen molar-refractivity contribution < 1.29 is 4.42 Å². The first-order valence-electron chi connectivity index (χ1n) is 24.3. The lowest BCUT2D eigenvalue weighted by molar-refractivity contribution is 0.670. The summed E-state index contributed by atoms with van der Waals surface area (Å²) in [5.41, 5.74) is 15.1. The molecule has 0 aliphatic carbocycles. The Labute approximate surface area is 408 Å². The SMILES string of the molecule is c1ccc2c(c1)oc1c(-c3cccc4c(-c5cccc6c(-c7cccc8c(-c9cccc%10c(-c%11cnc%12c%13ccccc%13c%13ccccc%13c%12n%11)cccc9%10)cccc78)cccc56)cccc34)cccc12. The number of rotatable bonds is 5. The van der Waals surface area contributed by atoms with Gasteiger partial charge in [0, 0.05) is 32.7 Å². The quantitative estimate of drug-likeness (QED) is 0.162. The lowest BCUT2D eigenvalue weighted by atomic mass is 9.87. The highest BCUT2D eigenvalue weighted by Gasteiger charge is 2.19. The highest BCUT2D eigenvalue weighted by Crippen LogP contribution is 2.45. The summed E-state index contributed by atoms with van der Waals surface area (Å²) >= 11 is 0. The standard InChI is InChI=1S/C68H40N2O/c1-3-19-60-55(16-1)56-17-2-4-20-61(56)67-66(60)69-40-64(70-67)58-36-14-33-52-50(30-12-34-54(52)58)48-28-10-25-44-42(22-8-26-46(44)48)41-21-7-24-45-43(41)23-9-27-47(45)49-29-11-32-53-51(49)31-13-35-57(53)62-37-15-38-63-59-18-5-6-39-65(59)71-68(62)63/h1-40H. The van der Waals surface area contributed by atoms with Crippen LogP contribution < -0.4 is 0 Å². The molecule has 0 spiro atoms. The Morgan fingerprint density at radius 1 is 0.225 bits per heavy atom. The zero-order chi connectivity index (χ0) is 46.6. The summed E-state index contributed by atoms with van der Waals surface area (Å²) in [4.78, 5) is 10.5. The molecule has 0 fully saturated rings. The molecule has 0 saturated heterocycles. The summed E-state index contributed by atoms with van der Waals surface area (Å²) in [7, 11) is 0. The molecule has 2 heterocycles. The van der Waals surface area contributed by atoms with E-state index in [1.165, 1.54) is 81.9 Å². The molecule has 3 heteroatoms. The smallest absolute Gasteiger partial charge is 0.143 e. The first-order valence-corrected chi connectivity index (χ1v) is 24.3. The summed E-state index contributed by atoms with van der Waals surface area (Å²) in [6.45, 7) is 0. The number of hydrogen-bond donors (Lipinski definition) is 0. The number of hydrogen-bond acceptors (Lipinski definition) is 3. The van der Waals surface area contributed by atoms with Gasteiger partial charge in [0.15, 0.2) is 0 Å². The maximum Gasteiger partial charge on any atom is 0.143 e. The summed E-state index contributed by atoms with van der Waals surface area (Å²) in [6.07, 6.45) is 1.95. The van der Waals surface area contributed by atoms with E-state index in [2.05, 4.69) is 231 Å². The minimum atomic E-state index is 0.862. The van der Waals surface area contributed by atoms with Crippen LogP contribution in [0.1, 0.15) is 0 Å². The summed E-state index contributed by atoms with van der Waals surface area (Å²) in [5.74, 6) is 0. The van der Waals surface area contributed by atoms with E-state index < -0.39 is 0 Å². The van der Waals surface area contributed by atoms with Crippen LogP contribution in [0.5, 0.6) is 0 Å². The molecule has 0 atom stereocenters. The zero-order valence-corrected chi connectivity index (χ0v) is 38.4. The summed E-state index contributed by atoms with van der Waals surface area (Å²) < 4.78 is 6.55. The number of para-hydroxylation sites is 2. The predicted octanol–water partition coefficient (Wildman–Crippen LogP) is 18.8. The molecule has 71 heavy (non-hydrogen) atoms. The fourth-order valence-electron chi connectivity index (χ4n) is 11.8. The van der Waals surface area contributed by atoms with E-state index in [1.54, 1.807) is 0 Å². The highest BCUT2D eigenvalue weighted by molar-refractivity contribution is 6.24. The average molecular weight is 901 g/mol. The number of furan rings is 1. The first kappa shape index (κ1) is 39.5. The van der Waals surface area contributed by atoms with Crippen LogP contribution in [0.4, 0.5) is 0 Å². The minimum absolute atomic E-state index is 0.862. The lowest BCUT2D eigenvalue weighted by Crippen LogP contribution is -1.93. The van der Waals surface area contributed by atoms with Gasteiger partial charge < -0.3 is 4.42 Å². The molecule has 0 saturated carbocycles. The van der Waals surface area contributed by atoms with Crippen LogP contribution in [0.3, 0.4) is 0 Å². The van der Waals surface area contributed by atoms with Crippen molar-refractivity contribution in [3.05, 3.63) is 243 Å². The number of aromatic nitrogens is 2. The minimum Gasteiger partial charge on any atom is -0.455 e. The molecule has 0 aliphatic heterocycles. The Bertz CT molecular complexity index is 4680. The van der Waals surface area contributed by atoms with E-state index in [0.717, 1.165) is 71.5 Å². The van der Waals surface area contributed by atoms with Crippen molar-refractivity contribution in [3.8, 4) is 55.8 Å². The van der Waals surface area contributed by atoms with E-state index in [1.807, 2.05) is 12.3 Å². The molecule has 0 aliphatic rings. The summed E-state index contributed by atoms with van der Waals surface area (Å²) in [6, 6.07) is 85.6. The van der Waals surface area contributed by atoms with E-state index in [-0.39, 0.29) is 0 Å². The van der Waals surface area contributed by atoms with Gasteiger partial charge in [-0.2, -0.15) is 0 Å². The van der Waals surface area contributed by atoms with Crippen molar-refractivity contribution >= 4 is 97.6 Å². The molecule has 0 bridgehead atoms.